The Balaban J connectivity index is 1.20. The van der Waals surface area contributed by atoms with Gasteiger partial charge in [-0.05, 0) is 62.3 Å². The third-order valence-electron chi connectivity index (χ3n) is 5.89. The van der Waals surface area contributed by atoms with Crippen LogP contribution >= 0.6 is 0 Å². The SMILES string of the molecule is O=C(CN1CCC(C(=O)Nc2ccccc2)CC1)Nc1ccc(N2CCOCC2)cc1. The number of para-hydroxylation sites is 1. The summed E-state index contributed by atoms with van der Waals surface area (Å²) in [6, 6.07) is 17.5. The Hall–Kier alpha value is -2.90. The lowest BCUT2D eigenvalue weighted by Gasteiger charge is -2.30. The fraction of sp³-hybridized carbons (Fsp3) is 0.417. The van der Waals surface area contributed by atoms with Gasteiger partial charge in [0.15, 0.2) is 0 Å². The first kappa shape index (κ1) is 21.3. The predicted octanol–water partition coefficient (Wildman–Crippen LogP) is 2.81. The number of rotatable bonds is 6. The Kier molecular flexibility index (Phi) is 7.17. The van der Waals surface area contributed by atoms with Crippen molar-refractivity contribution in [1.29, 1.82) is 0 Å². The maximum Gasteiger partial charge on any atom is 0.238 e. The molecular weight excluding hydrogens is 392 g/mol. The van der Waals surface area contributed by atoms with Crippen LogP contribution in [-0.4, -0.2) is 62.7 Å². The molecule has 2 aromatic rings. The van der Waals surface area contributed by atoms with E-state index in [-0.39, 0.29) is 17.7 Å². The normalized spacial score (nSPS) is 17.9. The second-order valence-corrected chi connectivity index (χ2v) is 8.10. The minimum Gasteiger partial charge on any atom is -0.378 e. The van der Waals surface area contributed by atoms with Gasteiger partial charge in [-0.25, -0.2) is 0 Å². The van der Waals surface area contributed by atoms with Gasteiger partial charge in [-0.15, -0.1) is 0 Å². The minimum absolute atomic E-state index is 0.00718. The molecule has 2 amide bonds. The lowest BCUT2D eigenvalue weighted by atomic mass is 9.96. The van der Waals surface area contributed by atoms with Crippen LogP contribution in [-0.2, 0) is 14.3 Å². The Labute approximate surface area is 183 Å². The first-order valence-electron chi connectivity index (χ1n) is 11.0. The fourth-order valence-electron chi connectivity index (χ4n) is 4.10. The van der Waals surface area contributed by atoms with Gasteiger partial charge in [0, 0.05) is 36.1 Å². The van der Waals surface area contributed by atoms with E-state index in [1.807, 2.05) is 54.6 Å². The molecule has 4 rings (SSSR count). The van der Waals surface area contributed by atoms with Gasteiger partial charge in [0.2, 0.25) is 11.8 Å². The Morgan fingerprint density at radius 1 is 0.839 bits per heavy atom. The van der Waals surface area contributed by atoms with Crippen LogP contribution in [0.5, 0.6) is 0 Å². The summed E-state index contributed by atoms with van der Waals surface area (Å²) in [4.78, 5) is 29.3. The van der Waals surface area contributed by atoms with Gasteiger partial charge in [0.1, 0.15) is 0 Å². The zero-order valence-corrected chi connectivity index (χ0v) is 17.8. The van der Waals surface area contributed by atoms with Gasteiger partial charge in [-0.1, -0.05) is 18.2 Å². The summed E-state index contributed by atoms with van der Waals surface area (Å²) in [5, 5.41) is 5.96. The van der Waals surface area contributed by atoms with Crippen molar-refractivity contribution in [2.45, 2.75) is 12.8 Å². The van der Waals surface area contributed by atoms with Crippen molar-refractivity contribution in [3.05, 3.63) is 54.6 Å². The van der Waals surface area contributed by atoms with E-state index in [4.69, 9.17) is 4.74 Å². The number of piperidine rings is 1. The molecule has 164 valence electrons. The average Bonchev–Trinajstić information content (AvgIpc) is 2.81. The van der Waals surface area contributed by atoms with E-state index in [9.17, 15) is 9.59 Å². The highest BCUT2D eigenvalue weighted by molar-refractivity contribution is 5.93. The maximum absolute atomic E-state index is 12.5. The lowest BCUT2D eigenvalue weighted by Crippen LogP contribution is -2.41. The van der Waals surface area contributed by atoms with Crippen LogP contribution in [0.15, 0.2) is 54.6 Å². The van der Waals surface area contributed by atoms with Crippen LogP contribution < -0.4 is 15.5 Å². The van der Waals surface area contributed by atoms with Crippen molar-refractivity contribution in [3.8, 4) is 0 Å². The van der Waals surface area contributed by atoms with E-state index < -0.39 is 0 Å². The Bertz CT molecular complexity index is 858. The molecule has 2 fully saturated rings. The molecule has 2 heterocycles. The smallest absolute Gasteiger partial charge is 0.238 e. The minimum atomic E-state index is -0.0219. The number of carbonyl (C=O) groups excluding carboxylic acids is 2. The second kappa shape index (κ2) is 10.4. The van der Waals surface area contributed by atoms with E-state index in [0.717, 1.165) is 69.3 Å². The number of morpholine rings is 1. The maximum atomic E-state index is 12.5. The monoisotopic (exact) mass is 422 g/mol. The molecule has 0 unspecified atom stereocenters. The number of hydrogen-bond donors (Lipinski definition) is 2. The molecule has 2 aromatic carbocycles. The summed E-state index contributed by atoms with van der Waals surface area (Å²) in [7, 11) is 0. The summed E-state index contributed by atoms with van der Waals surface area (Å²) in [5.41, 5.74) is 2.78. The van der Waals surface area contributed by atoms with Crippen LogP contribution in [0.2, 0.25) is 0 Å². The molecular formula is C24H30N4O3. The van der Waals surface area contributed by atoms with Gasteiger partial charge in [0.05, 0.1) is 19.8 Å². The van der Waals surface area contributed by atoms with Crippen molar-refractivity contribution in [3.63, 3.8) is 0 Å². The molecule has 2 aliphatic heterocycles. The average molecular weight is 423 g/mol. The summed E-state index contributed by atoms with van der Waals surface area (Å²) in [6.07, 6.45) is 1.53. The molecule has 0 atom stereocenters. The van der Waals surface area contributed by atoms with Crippen LogP contribution in [0.3, 0.4) is 0 Å². The van der Waals surface area contributed by atoms with Crippen molar-refractivity contribution in [2.24, 2.45) is 5.92 Å². The molecule has 7 heteroatoms. The Morgan fingerprint density at radius 3 is 2.16 bits per heavy atom. The first-order valence-corrected chi connectivity index (χ1v) is 11.0. The predicted molar refractivity (Wildman–Crippen MR) is 122 cm³/mol. The van der Waals surface area contributed by atoms with Gasteiger partial charge in [0.25, 0.3) is 0 Å². The lowest BCUT2D eigenvalue weighted by molar-refractivity contribution is -0.121. The molecule has 2 aliphatic rings. The number of amides is 2. The molecule has 0 spiro atoms. The summed E-state index contributed by atoms with van der Waals surface area (Å²) < 4.78 is 5.39. The second-order valence-electron chi connectivity index (χ2n) is 8.10. The van der Waals surface area contributed by atoms with Crippen molar-refractivity contribution in [2.75, 3.05) is 61.5 Å². The van der Waals surface area contributed by atoms with E-state index in [0.29, 0.717) is 6.54 Å². The third-order valence-corrected chi connectivity index (χ3v) is 5.89. The third kappa shape index (κ3) is 6.06. The first-order chi connectivity index (χ1) is 15.2. The van der Waals surface area contributed by atoms with Crippen LogP contribution in [0, 0.1) is 5.92 Å². The van der Waals surface area contributed by atoms with E-state index in [1.54, 1.807) is 0 Å². The number of ether oxygens (including phenoxy) is 1. The number of nitrogens with one attached hydrogen (secondary N) is 2. The number of anilines is 3. The van der Waals surface area contributed by atoms with Gasteiger partial charge in [-0.2, -0.15) is 0 Å². The van der Waals surface area contributed by atoms with Crippen molar-refractivity contribution >= 4 is 28.9 Å². The molecule has 0 bridgehead atoms. The summed E-state index contributed by atoms with van der Waals surface area (Å²) in [5.74, 6) is 0.0363. The van der Waals surface area contributed by atoms with Crippen molar-refractivity contribution in [1.82, 2.24) is 4.90 Å². The van der Waals surface area contributed by atoms with E-state index in [1.165, 1.54) is 0 Å². The number of benzene rings is 2. The number of likely N-dealkylation sites (tertiary alicyclic amines) is 1. The molecule has 0 aliphatic carbocycles. The molecule has 0 saturated carbocycles. The summed E-state index contributed by atoms with van der Waals surface area (Å²) in [6.45, 7) is 5.13. The standard InChI is InChI=1S/C24H30N4O3/c29-23(25-21-6-8-22(9-7-21)28-14-16-31-17-15-28)18-27-12-10-19(11-13-27)24(30)26-20-4-2-1-3-5-20/h1-9,19H,10-18H2,(H,25,29)(H,26,30). The molecule has 0 radical (unpaired) electrons. The van der Waals surface area contributed by atoms with Crippen LogP contribution in [0.1, 0.15) is 12.8 Å². The topological polar surface area (TPSA) is 73.9 Å². The van der Waals surface area contributed by atoms with E-state index in [2.05, 4.69) is 20.4 Å². The number of carbonyl (C=O) groups is 2. The van der Waals surface area contributed by atoms with Crippen molar-refractivity contribution < 1.29 is 14.3 Å². The van der Waals surface area contributed by atoms with Gasteiger partial charge in [-0.3, -0.25) is 14.5 Å². The fourth-order valence-corrected chi connectivity index (χ4v) is 4.10. The zero-order chi connectivity index (χ0) is 21.5. The summed E-state index contributed by atoms with van der Waals surface area (Å²) >= 11 is 0. The van der Waals surface area contributed by atoms with Gasteiger partial charge < -0.3 is 20.3 Å². The molecule has 31 heavy (non-hydrogen) atoms. The molecule has 2 N–H and O–H groups in total. The highest BCUT2D eigenvalue weighted by atomic mass is 16.5. The molecule has 7 nitrogen and oxygen atoms in total. The Morgan fingerprint density at radius 2 is 1.48 bits per heavy atom. The number of nitrogens with zero attached hydrogens (tertiary/aromatic N) is 2. The highest BCUT2D eigenvalue weighted by Gasteiger charge is 2.26. The molecule has 2 saturated heterocycles. The highest BCUT2D eigenvalue weighted by Crippen LogP contribution is 2.21. The van der Waals surface area contributed by atoms with Crippen LogP contribution in [0.4, 0.5) is 17.1 Å². The quantitative estimate of drug-likeness (QED) is 0.749. The molecule has 0 aromatic heterocycles. The zero-order valence-electron chi connectivity index (χ0n) is 17.8. The van der Waals surface area contributed by atoms with Crippen LogP contribution in [0.25, 0.3) is 0 Å². The largest absolute Gasteiger partial charge is 0.378 e. The number of hydrogen-bond acceptors (Lipinski definition) is 5. The van der Waals surface area contributed by atoms with Gasteiger partial charge >= 0.3 is 0 Å². The van der Waals surface area contributed by atoms with E-state index >= 15 is 0 Å².